The van der Waals surface area contributed by atoms with E-state index < -0.39 is 5.92 Å². The van der Waals surface area contributed by atoms with E-state index in [-0.39, 0.29) is 22.8 Å². The SMILES string of the molecule is CCCCCn1c(SCC(=O)[C@H](C#N)C(C)=N)nc2cc(Cl)ccc2c1=O. The third-order valence-electron chi connectivity index (χ3n) is 4.10. The number of nitriles is 1. The van der Waals surface area contributed by atoms with Gasteiger partial charge < -0.3 is 5.41 Å². The van der Waals surface area contributed by atoms with Crippen LogP contribution in [-0.4, -0.2) is 26.8 Å². The fourth-order valence-electron chi connectivity index (χ4n) is 2.63. The van der Waals surface area contributed by atoms with Gasteiger partial charge in [-0.3, -0.25) is 14.2 Å². The van der Waals surface area contributed by atoms with Crippen LogP contribution in [-0.2, 0) is 11.3 Å². The lowest BCUT2D eigenvalue weighted by molar-refractivity contribution is -0.117. The highest BCUT2D eigenvalue weighted by Gasteiger charge is 2.21. The predicted octanol–water partition coefficient (Wildman–Crippen LogP) is 4.08. The van der Waals surface area contributed by atoms with E-state index >= 15 is 0 Å². The molecule has 0 aliphatic rings. The fraction of sp³-hybridized carbons (Fsp3) is 0.421. The van der Waals surface area contributed by atoms with Crippen molar-refractivity contribution in [3.63, 3.8) is 0 Å². The van der Waals surface area contributed by atoms with Crippen molar-refractivity contribution < 1.29 is 4.79 Å². The van der Waals surface area contributed by atoms with Crippen molar-refractivity contribution in [1.82, 2.24) is 9.55 Å². The van der Waals surface area contributed by atoms with E-state index in [0.29, 0.717) is 27.6 Å². The van der Waals surface area contributed by atoms with Gasteiger partial charge in [0, 0.05) is 17.3 Å². The number of ketones is 1. The summed E-state index contributed by atoms with van der Waals surface area (Å²) in [6.45, 7) is 4.03. The van der Waals surface area contributed by atoms with E-state index in [9.17, 15) is 9.59 Å². The smallest absolute Gasteiger partial charge is 0.262 e. The molecule has 0 unspecified atom stereocenters. The Kier molecular flexibility index (Phi) is 7.57. The molecule has 8 heteroatoms. The minimum atomic E-state index is -1.06. The zero-order valence-electron chi connectivity index (χ0n) is 15.3. The van der Waals surface area contributed by atoms with Crippen molar-refractivity contribution in [3.05, 3.63) is 33.6 Å². The van der Waals surface area contributed by atoms with Gasteiger partial charge in [-0.05, 0) is 31.5 Å². The van der Waals surface area contributed by atoms with Crippen LogP contribution in [0.1, 0.15) is 33.1 Å². The second kappa shape index (κ2) is 9.67. The molecule has 0 amide bonds. The molecule has 2 rings (SSSR count). The number of fused-ring (bicyclic) bond motifs is 1. The summed E-state index contributed by atoms with van der Waals surface area (Å²) in [7, 11) is 0. The van der Waals surface area contributed by atoms with Gasteiger partial charge in [0.05, 0.1) is 22.7 Å². The summed E-state index contributed by atoms with van der Waals surface area (Å²) in [5, 5.41) is 18.0. The first kappa shape index (κ1) is 21.1. The van der Waals surface area contributed by atoms with Gasteiger partial charge in [-0.1, -0.05) is 43.1 Å². The Morgan fingerprint density at radius 1 is 1.44 bits per heavy atom. The zero-order valence-corrected chi connectivity index (χ0v) is 16.9. The van der Waals surface area contributed by atoms with Crippen molar-refractivity contribution in [3.8, 4) is 6.07 Å². The number of unbranched alkanes of at least 4 members (excludes halogenated alkanes) is 2. The lowest BCUT2D eigenvalue weighted by atomic mass is 10.0. The Hall–Kier alpha value is -2.17. The average molecular weight is 405 g/mol. The highest BCUT2D eigenvalue weighted by atomic mass is 35.5. The quantitative estimate of drug-likeness (QED) is 0.294. The summed E-state index contributed by atoms with van der Waals surface area (Å²) in [5.41, 5.74) is 0.332. The van der Waals surface area contributed by atoms with Gasteiger partial charge in [0.1, 0.15) is 5.92 Å². The van der Waals surface area contributed by atoms with Crippen molar-refractivity contribution in [2.75, 3.05) is 5.75 Å². The summed E-state index contributed by atoms with van der Waals surface area (Å²) >= 11 is 7.14. The first-order valence-electron chi connectivity index (χ1n) is 8.69. The Bertz CT molecular complexity index is 965. The summed E-state index contributed by atoms with van der Waals surface area (Å²) in [6.07, 6.45) is 2.84. The number of carbonyl (C=O) groups excluding carboxylic acids is 1. The molecule has 1 aromatic heterocycles. The van der Waals surface area contributed by atoms with Crippen molar-refractivity contribution in [1.29, 1.82) is 10.7 Å². The molecule has 27 heavy (non-hydrogen) atoms. The number of nitrogens with zero attached hydrogens (tertiary/aromatic N) is 3. The van der Waals surface area contributed by atoms with Crippen LogP contribution in [0.4, 0.5) is 0 Å². The topological polar surface area (TPSA) is 99.6 Å². The molecule has 2 aromatic rings. The van der Waals surface area contributed by atoms with Gasteiger partial charge in [-0.2, -0.15) is 5.26 Å². The maximum absolute atomic E-state index is 12.9. The molecule has 0 fully saturated rings. The first-order chi connectivity index (χ1) is 12.9. The van der Waals surface area contributed by atoms with Gasteiger partial charge in [0.2, 0.25) is 0 Å². The number of halogens is 1. The highest BCUT2D eigenvalue weighted by Crippen LogP contribution is 2.22. The first-order valence-corrected chi connectivity index (χ1v) is 10.1. The number of hydrogen-bond donors (Lipinski definition) is 1. The van der Waals surface area contributed by atoms with E-state index in [0.717, 1.165) is 31.0 Å². The molecule has 0 aliphatic heterocycles. The van der Waals surface area contributed by atoms with Crippen LogP contribution in [0, 0.1) is 22.7 Å². The van der Waals surface area contributed by atoms with Crippen LogP contribution >= 0.6 is 23.4 Å². The highest BCUT2D eigenvalue weighted by molar-refractivity contribution is 7.99. The second-order valence-electron chi connectivity index (χ2n) is 6.22. The maximum atomic E-state index is 12.9. The molecule has 0 saturated carbocycles. The summed E-state index contributed by atoms with van der Waals surface area (Å²) < 4.78 is 1.59. The van der Waals surface area contributed by atoms with Gasteiger partial charge in [0.15, 0.2) is 10.9 Å². The Morgan fingerprint density at radius 3 is 2.81 bits per heavy atom. The lowest BCUT2D eigenvalue weighted by Crippen LogP contribution is -2.25. The van der Waals surface area contributed by atoms with Crippen molar-refractivity contribution in [2.45, 2.75) is 44.8 Å². The number of aromatic nitrogens is 2. The normalized spacial score (nSPS) is 11.9. The zero-order chi connectivity index (χ0) is 20.0. The van der Waals surface area contributed by atoms with Crippen LogP contribution in [0.5, 0.6) is 0 Å². The molecule has 1 N–H and O–H groups in total. The van der Waals surface area contributed by atoms with Gasteiger partial charge >= 0.3 is 0 Å². The van der Waals surface area contributed by atoms with E-state index in [2.05, 4.69) is 11.9 Å². The third kappa shape index (κ3) is 5.18. The number of hydrogen-bond acceptors (Lipinski definition) is 6. The molecule has 6 nitrogen and oxygen atoms in total. The second-order valence-corrected chi connectivity index (χ2v) is 7.60. The van der Waals surface area contributed by atoms with Crippen LogP contribution in [0.15, 0.2) is 28.2 Å². The number of thioether (sulfide) groups is 1. The van der Waals surface area contributed by atoms with Crippen LogP contribution in [0.2, 0.25) is 5.02 Å². The van der Waals surface area contributed by atoms with Gasteiger partial charge in [-0.25, -0.2) is 4.98 Å². The lowest BCUT2D eigenvalue weighted by Gasteiger charge is -2.13. The molecule has 0 spiro atoms. The fourth-order valence-corrected chi connectivity index (χ4v) is 3.73. The third-order valence-corrected chi connectivity index (χ3v) is 5.33. The molecule has 142 valence electrons. The number of rotatable bonds is 9. The number of carbonyl (C=O) groups is 1. The standard InChI is InChI=1S/C19H21ClN4O2S/c1-3-4-5-8-24-18(26)14-7-6-13(20)9-16(14)23-19(24)27-11-17(25)15(10-21)12(2)22/h6-7,9,15,22H,3-5,8,11H2,1-2H3/t15-/m1/s1. The minimum absolute atomic E-state index is 0.0155. The molecule has 1 atom stereocenters. The van der Waals surface area contributed by atoms with Gasteiger partial charge in [0.25, 0.3) is 5.56 Å². The molecule has 0 bridgehead atoms. The molecule has 0 aliphatic carbocycles. The predicted molar refractivity (Wildman–Crippen MR) is 109 cm³/mol. The molecule has 1 heterocycles. The molecular formula is C19H21ClN4O2S. The Balaban J connectivity index is 2.38. The molecule has 0 saturated heterocycles. The van der Waals surface area contributed by atoms with Crippen LogP contribution < -0.4 is 5.56 Å². The van der Waals surface area contributed by atoms with Crippen LogP contribution in [0.25, 0.3) is 10.9 Å². The van der Waals surface area contributed by atoms with E-state index in [1.807, 2.05) is 6.07 Å². The monoisotopic (exact) mass is 404 g/mol. The Labute approximate surface area is 167 Å². The van der Waals surface area contributed by atoms with E-state index in [4.69, 9.17) is 22.3 Å². The summed E-state index contributed by atoms with van der Waals surface area (Å²) in [4.78, 5) is 29.7. The van der Waals surface area contributed by atoms with Crippen molar-refractivity contribution in [2.24, 2.45) is 5.92 Å². The van der Waals surface area contributed by atoms with E-state index in [1.165, 1.54) is 6.92 Å². The number of benzene rings is 1. The summed E-state index contributed by atoms with van der Waals surface area (Å²) in [5.74, 6) is -1.45. The number of nitrogens with one attached hydrogen (secondary N) is 1. The summed E-state index contributed by atoms with van der Waals surface area (Å²) in [6, 6.07) is 6.79. The van der Waals surface area contributed by atoms with Crippen LogP contribution in [0.3, 0.4) is 0 Å². The molecular weight excluding hydrogens is 384 g/mol. The average Bonchev–Trinajstić information content (AvgIpc) is 2.62. The maximum Gasteiger partial charge on any atom is 0.262 e. The minimum Gasteiger partial charge on any atom is -0.308 e. The number of Topliss-reactive ketones (excluding diaryl/α,β-unsaturated/α-hetero) is 1. The largest absolute Gasteiger partial charge is 0.308 e. The van der Waals surface area contributed by atoms with Gasteiger partial charge in [-0.15, -0.1) is 0 Å². The molecule has 0 radical (unpaired) electrons. The van der Waals surface area contributed by atoms with E-state index in [1.54, 1.807) is 22.8 Å². The van der Waals surface area contributed by atoms with Crippen molar-refractivity contribution >= 4 is 45.8 Å². The molecule has 1 aromatic carbocycles. The Morgan fingerprint density at radius 2 is 2.19 bits per heavy atom.